The summed E-state index contributed by atoms with van der Waals surface area (Å²) < 4.78 is 18.5. The summed E-state index contributed by atoms with van der Waals surface area (Å²) in [5.41, 5.74) is 1.02. The first-order valence-corrected chi connectivity index (χ1v) is 8.69. The lowest BCUT2D eigenvalue weighted by Gasteiger charge is -2.21. The fourth-order valence-electron chi connectivity index (χ4n) is 2.93. The fraction of sp³-hybridized carbons (Fsp3) is 0.350. The van der Waals surface area contributed by atoms with E-state index in [1.54, 1.807) is 12.1 Å². The molecule has 0 spiro atoms. The highest BCUT2D eigenvalue weighted by atomic mass is 35.5. The van der Waals surface area contributed by atoms with E-state index < -0.39 is 0 Å². The smallest absolute Gasteiger partial charge is 0.220 e. The van der Waals surface area contributed by atoms with Gasteiger partial charge in [0.25, 0.3) is 0 Å². The lowest BCUT2D eigenvalue weighted by molar-refractivity contribution is -0.122. The Kier molecular flexibility index (Phi) is 7.88. The number of halogens is 2. The molecule has 2 N–H and O–H groups in total. The first-order chi connectivity index (χ1) is 12.2. The molecule has 0 atom stereocenters. The maximum absolute atomic E-state index is 12.9. The van der Waals surface area contributed by atoms with Crippen LogP contribution in [0.1, 0.15) is 24.8 Å². The van der Waals surface area contributed by atoms with Crippen molar-refractivity contribution in [2.45, 2.75) is 25.8 Å². The van der Waals surface area contributed by atoms with E-state index >= 15 is 0 Å². The zero-order valence-electron chi connectivity index (χ0n) is 14.5. The van der Waals surface area contributed by atoms with Crippen molar-refractivity contribution in [3.8, 4) is 11.5 Å². The van der Waals surface area contributed by atoms with Gasteiger partial charge in [0.1, 0.15) is 17.3 Å². The van der Waals surface area contributed by atoms with Crippen LogP contribution in [0.4, 0.5) is 4.39 Å². The molecule has 0 saturated carbocycles. The van der Waals surface area contributed by atoms with E-state index in [4.69, 9.17) is 4.74 Å². The highest BCUT2D eigenvalue weighted by molar-refractivity contribution is 5.85. The highest BCUT2D eigenvalue weighted by Gasteiger charge is 2.16. The van der Waals surface area contributed by atoms with Gasteiger partial charge in [-0.2, -0.15) is 0 Å². The molecular formula is C20H24ClFN2O2. The molecule has 140 valence electrons. The highest BCUT2D eigenvalue weighted by Crippen LogP contribution is 2.22. The van der Waals surface area contributed by atoms with Gasteiger partial charge in [0, 0.05) is 13.0 Å². The molecule has 1 heterocycles. The summed E-state index contributed by atoms with van der Waals surface area (Å²) in [7, 11) is 0. The lowest BCUT2D eigenvalue weighted by atomic mass is 9.94. The van der Waals surface area contributed by atoms with E-state index in [0.717, 1.165) is 31.5 Å². The topological polar surface area (TPSA) is 50.4 Å². The summed E-state index contributed by atoms with van der Waals surface area (Å²) in [4.78, 5) is 12.0. The van der Waals surface area contributed by atoms with Crippen LogP contribution in [0.15, 0.2) is 48.5 Å². The number of carbonyl (C=O) groups is 1. The van der Waals surface area contributed by atoms with Crippen LogP contribution < -0.4 is 15.4 Å². The number of hydrogen-bond acceptors (Lipinski definition) is 3. The van der Waals surface area contributed by atoms with Crippen molar-refractivity contribution in [3.05, 3.63) is 59.9 Å². The van der Waals surface area contributed by atoms with Crippen molar-refractivity contribution in [3.63, 3.8) is 0 Å². The van der Waals surface area contributed by atoms with Gasteiger partial charge in [-0.25, -0.2) is 4.39 Å². The zero-order chi connectivity index (χ0) is 17.5. The number of piperidine rings is 1. The molecule has 2 aromatic rings. The summed E-state index contributed by atoms with van der Waals surface area (Å²) in [6.07, 6.45) is 2.75. The predicted octanol–water partition coefficient (Wildman–Crippen LogP) is 4.05. The number of carbonyl (C=O) groups excluding carboxylic acids is 1. The van der Waals surface area contributed by atoms with Gasteiger partial charge in [-0.05, 0) is 73.8 Å². The van der Waals surface area contributed by atoms with E-state index in [1.165, 1.54) is 12.1 Å². The van der Waals surface area contributed by atoms with Crippen molar-refractivity contribution >= 4 is 18.3 Å². The molecule has 1 fully saturated rings. The van der Waals surface area contributed by atoms with Gasteiger partial charge in [-0.15, -0.1) is 12.4 Å². The Morgan fingerprint density at radius 1 is 1.04 bits per heavy atom. The van der Waals surface area contributed by atoms with Crippen molar-refractivity contribution in [1.82, 2.24) is 10.6 Å². The molecule has 1 aliphatic rings. The average molecular weight is 379 g/mol. The first kappa shape index (κ1) is 20.2. The molecule has 6 heteroatoms. The Morgan fingerprint density at radius 3 is 2.23 bits per heavy atom. The second kappa shape index (κ2) is 10.1. The van der Waals surface area contributed by atoms with Crippen molar-refractivity contribution in [2.75, 3.05) is 13.1 Å². The van der Waals surface area contributed by atoms with Crippen molar-refractivity contribution in [1.29, 1.82) is 0 Å². The van der Waals surface area contributed by atoms with Crippen LogP contribution in [-0.4, -0.2) is 19.0 Å². The molecule has 3 rings (SSSR count). The van der Waals surface area contributed by atoms with Gasteiger partial charge in [0.05, 0.1) is 0 Å². The molecule has 2 aromatic carbocycles. The van der Waals surface area contributed by atoms with Crippen LogP contribution in [0.2, 0.25) is 0 Å². The Morgan fingerprint density at radius 2 is 1.62 bits per heavy atom. The minimum atomic E-state index is -0.289. The maximum atomic E-state index is 12.9. The molecule has 1 saturated heterocycles. The average Bonchev–Trinajstić information content (AvgIpc) is 2.64. The zero-order valence-corrected chi connectivity index (χ0v) is 15.4. The number of benzene rings is 2. The predicted molar refractivity (Wildman–Crippen MR) is 102 cm³/mol. The van der Waals surface area contributed by atoms with Gasteiger partial charge in [0.15, 0.2) is 0 Å². The molecule has 0 unspecified atom stereocenters. The first-order valence-electron chi connectivity index (χ1n) is 8.69. The second-order valence-electron chi connectivity index (χ2n) is 6.37. The van der Waals surface area contributed by atoms with E-state index in [0.29, 0.717) is 30.4 Å². The molecule has 4 nitrogen and oxygen atoms in total. The van der Waals surface area contributed by atoms with E-state index in [1.807, 2.05) is 24.3 Å². The molecule has 0 aromatic heterocycles. The largest absolute Gasteiger partial charge is 0.457 e. The number of ether oxygens (including phenoxy) is 1. The number of hydrogen-bond donors (Lipinski definition) is 2. The van der Waals surface area contributed by atoms with Crippen LogP contribution in [0.5, 0.6) is 11.5 Å². The monoisotopic (exact) mass is 378 g/mol. The molecule has 1 amide bonds. The SMILES string of the molecule is Cl.O=C(CC1CCNCC1)NCc1ccc(Oc2ccc(F)cc2)cc1. The minimum Gasteiger partial charge on any atom is -0.457 e. The number of rotatable bonds is 6. The molecule has 26 heavy (non-hydrogen) atoms. The summed E-state index contributed by atoms with van der Waals surface area (Å²) >= 11 is 0. The third kappa shape index (κ3) is 6.32. The Hall–Kier alpha value is -2.11. The quantitative estimate of drug-likeness (QED) is 0.797. The van der Waals surface area contributed by atoms with Gasteiger partial charge in [-0.3, -0.25) is 4.79 Å². The van der Waals surface area contributed by atoms with Crippen LogP contribution in [0, 0.1) is 11.7 Å². The van der Waals surface area contributed by atoms with E-state index in [2.05, 4.69) is 10.6 Å². The molecule has 1 aliphatic heterocycles. The molecule has 0 bridgehead atoms. The van der Waals surface area contributed by atoms with Gasteiger partial charge < -0.3 is 15.4 Å². The van der Waals surface area contributed by atoms with Gasteiger partial charge in [-0.1, -0.05) is 12.1 Å². The minimum absolute atomic E-state index is 0. The summed E-state index contributed by atoms with van der Waals surface area (Å²) in [5.74, 6) is 1.58. The van der Waals surface area contributed by atoms with Crippen LogP contribution >= 0.6 is 12.4 Å². The van der Waals surface area contributed by atoms with Crippen LogP contribution in [0.25, 0.3) is 0 Å². The van der Waals surface area contributed by atoms with Crippen molar-refractivity contribution in [2.24, 2.45) is 5.92 Å². The third-order valence-electron chi connectivity index (χ3n) is 4.40. The van der Waals surface area contributed by atoms with E-state index in [9.17, 15) is 9.18 Å². The van der Waals surface area contributed by atoms with Gasteiger partial charge in [0.2, 0.25) is 5.91 Å². The Balaban J connectivity index is 0.00000243. The summed E-state index contributed by atoms with van der Waals surface area (Å²) in [5, 5.41) is 6.29. The van der Waals surface area contributed by atoms with Gasteiger partial charge >= 0.3 is 0 Å². The Labute approximate surface area is 159 Å². The van der Waals surface area contributed by atoms with Crippen molar-refractivity contribution < 1.29 is 13.9 Å². The standard InChI is InChI=1S/C20H23FN2O2.ClH/c21-17-3-7-19(8-4-17)25-18-5-1-16(2-6-18)14-23-20(24)13-15-9-11-22-12-10-15;/h1-8,15,22H,9-14H2,(H,23,24);1H. The second-order valence-corrected chi connectivity index (χ2v) is 6.37. The van der Waals surface area contributed by atoms with Crippen LogP contribution in [-0.2, 0) is 11.3 Å². The molecular weight excluding hydrogens is 355 g/mol. The number of nitrogens with one attached hydrogen (secondary N) is 2. The summed E-state index contributed by atoms with van der Waals surface area (Å²) in [6.45, 7) is 2.53. The Bertz CT molecular complexity index is 686. The summed E-state index contributed by atoms with van der Waals surface area (Å²) in [6, 6.07) is 13.4. The number of amides is 1. The molecule has 0 radical (unpaired) electrons. The fourth-order valence-corrected chi connectivity index (χ4v) is 2.93. The van der Waals surface area contributed by atoms with Crippen LogP contribution in [0.3, 0.4) is 0 Å². The normalized spacial score (nSPS) is 14.3. The lowest BCUT2D eigenvalue weighted by Crippen LogP contribution is -2.32. The molecule has 0 aliphatic carbocycles. The maximum Gasteiger partial charge on any atom is 0.220 e. The van der Waals surface area contributed by atoms with E-state index in [-0.39, 0.29) is 24.1 Å². The third-order valence-corrected chi connectivity index (χ3v) is 4.40.